The molecule has 0 aromatic heterocycles. The summed E-state index contributed by atoms with van der Waals surface area (Å²) in [6, 6.07) is 0. The Hall–Kier alpha value is -0.160. The van der Waals surface area contributed by atoms with Gasteiger partial charge in [-0.05, 0) is 27.7 Å². The van der Waals surface area contributed by atoms with Gasteiger partial charge in [0.25, 0.3) is 8.38 Å². The first-order chi connectivity index (χ1) is 4.89. The number of nitrogens with zero attached hydrogens (tertiary/aromatic N) is 1. The normalized spacial score (nSPS) is 28.3. The van der Waals surface area contributed by atoms with Gasteiger partial charge in [-0.15, -0.1) is 0 Å². The average molecular weight is 173 g/mol. The van der Waals surface area contributed by atoms with Crippen LogP contribution in [0.1, 0.15) is 27.7 Å². The number of hydrogen-bond acceptors (Lipinski definition) is 3. The van der Waals surface area contributed by atoms with Crippen LogP contribution in [0.3, 0.4) is 0 Å². The second-order valence-electron chi connectivity index (χ2n) is 3.56. The molecule has 1 saturated heterocycles. The highest BCUT2D eigenvalue weighted by atomic mass is 31.2. The molecule has 0 unspecified atom stereocenters. The van der Waals surface area contributed by atoms with Crippen LogP contribution in [-0.4, -0.2) is 11.2 Å². The maximum Gasteiger partial charge on any atom is 0.286 e. The molecule has 0 aliphatic carbocycles. The Balaban J connectivity index is 2.82. The highest BCUT2D eigenvalue weighted by Crippen LogP contribution is 2.56. The molecule has 0 saturated carbocycles. The van der Waals surface area contributed by atoms with Gasteiger partial charge in [0.1, 0.15) is 5.81 Å². The fourth-order valence-electron chi connectivity index (χ4n) is 0.694. The van der Waals surface area contributed by atoms with Crippen LogP contribution in [0.15, 0.2) is 0 Å². The second kappa shape index (κ2) is 2.42. The summed E-state index contributed by atoms with van der Waals surface area (Å²) in [5.41, 5.74) is -0.705. The Morgan fingerprint density at radius 2 is 1.45 bits per heavy atom. The Morgan fingerprint density at radius 3 is 1.64 bits per heavy atom. The first-order valence-corrected chi connectivity index (χ1v) is 4.65. The number of hydrogen-bond donors (Lipinski definition) is 0. The summed E-state index contributed by atoms with van der Waals surface area (Å²) in [5, 5.41) is 8.56. The van der Waals surface area contributed by atoms with Gasteiger partial charge in [0, 0.05) is 0 Å². The van der Waals surface area contributed by atoms with Crippen LogP contribution < -0.4 is 0 Å². The largest absolute Gasteiger partial charge is 0.314 e. The molecule has 0 aromatic rings. The summed E-state index contributed by atoms with van der Waals surface area (Å²) in [6.45, 7) is 7.75. The molecule has 3 nitrogen and oxygen atoms in total. The van der Waals surface area contributed by atoms with E-state index in [-0.39, 0.29) is 11.2 Å². The van der Waals surface area contributed by atoms with Crippen molar-refractivity contribution in [1.29, 1.82) is 5.26 Å². The maximum absolute atomic E-state index is 8.56. The van der Waals surface area contributed by atoms with Crippen molar-refractivity contribution >= 4 is 8.38 Å². The lowest BCUT2D eigenvalue weighted by Crippen LogP contribution is -2.41. The fraction of sp³-hybridized carbons (Fsp3) is 0.857. The van der Waals surface area contributed by atoms with Gasteiger partial charge in [-0.3, -0.25) is 0 Å². The molecule has 0 amide bonds. The van der Waals surface area contributed by atoms with Crippen LogP contribution in [0.25, 0.3) is 0 Å². The van der Waals surface area contributed by atoms with Crippen molar-refractivity contribution < 1.29 is 9.05 Å². The number of nitriles is 1. The molecule has 0 atom stereocenters. The van der Waals surface area contributed by atoms with Crippen molar-refractivity contribution in [1.82, 2.24) is 0 Å². The van der Waals surface area contributed by atoms with E-state index in [9.17, 15) is 0 Å². The van der Waals surface area contributed by atoms with Gasteiger partial charge in [0.05, 0.1) is 11.2 Å². The molecule has 1 aliphatic heterocycles. The molecule has 0 spiro atoms. The van der Waals surface area contributed by atoms with Crippen LogP contribution in [0.2, 0.25) is 0 Å². The van der Waals surface area contributed by atoms with E-state index in [4.69, 9.17) is 14.3 Å². The van der Waals surface area contributed by atoms with Gasteiger partial charge < -0.3 is 9.05 Å². The molecule has 1 fully saturated rings. The van der Waals surface area contributed by atoms with Crippen molar-refractivity contribution in [3.63, 3.8) is 0 Å². The van der Waals surface area contributed by atoms with E-state index in [0.717, 1.165) is 0 Å². The van der Waals surface area contributed by atoms with Gasteiger partial charge in [0.15, 0.2) is 0 Å². The monoisotopic (exact) mass is 173 g/mol. The minimum absolute atomic E-state index is 0.353. The Labute approximate surface area is 68.2 Å². The van der Waals surface area contributed by atoms with Crippen molar-refractivity contribution in [2.24, 2.45) is 0 Å². The third-order valence-electron chi connectivity index (χ3n) is 2.15. The van der Waals surface area contributed by atoms with E-state index in [0.29, 0.717) is 0 Å². The Kier molecular flexibility index (Phi) is 1.96. The van der Waals surface area contributed by atoms with E-state index in [1.54, 1.807) is 0 Å². The van der Waals surface area contributed by atoms with Gasteiger partial charge >= 0.3 is 0 Å². The van der Waals surface area contributed by atoms with E-state index >= 15 is 0 Å². The van der Waals surface area contributed by atoms with Crippen LogP contribution in [0, 0.1) is 11.1 Å². The third kappa shape index (κ3) is 1.39. The van der Waals surface area contributed by atoms with Crippen molar-refractivity contribution in [2.45, 2.75) is 38.9 Å². The molecule has 0 N–H and O–H groups in total. The minimum atomic E-state index is -1.31. The summed E-state index contributed by atoms with van der Waals surface area (Å²) in [7, 11) is -1.31. The molecule has 1 aliphatic rings. The zero-order chi connectivity index (χ0) is 8.70. The van der Waals surface area contributed by atoms with Gasteiger partial charge in [-0.25, -0.2) is 0 Å². The van der Waals surface area contributed by atoms with E-state index < -0.39 is 8.38 Å². The first kappa shape index (κ1) is 8.93. The Morgan fingerprint density at radius 1 is 1.09 bits per heavy atom. The van der Waals surface area contributed by atoms with E-state index in [1.807, 2.05) is 33.5 Å². The second-order valence-corrected chi connectivity index (χ2v) is 4.64. The highest BCUT2D eigenvalue weighted by Gasteiger charge is 2.50. The topological polar surface area (TPSA) is 42.2 Å². The quantitative estimate of drug-likeness (QED) is 0.528. The molecule has 0 bridgehead atoms. The molecule has 1 heterocycles. The fourth-order valence-corrected chi connectivity index (χ4v) is 2.08. The van der Waals surface area contributed by atoms with Crippen LogP contribution >= 0.6 is 8.38 Å². The summed E-state index contributed by atoms with van der Waals surface area (Å²) >= 11 is 0. The Bertz CT molecular complexity index is 191. The van der Waals surface area contributed by atoms with Gasteiger partial charge in [-0.2, -0.15) is 5.26 Å². The average Bonchev–Trinajstić information content (AvgIpc) is 2.03. The van der Waals surface area contributed by atoms with Crippen LogP contribution in [0.5, 0.6) is 0 Å². The molecule has 0 radical (unpaired) electrons. The highest BCUT2D eigenvalue weighted by molar-refractivity contribution is 7.53. The number of rotatable bonds is 0. The summed E-state index contributed by atoms with van der Waals surface area (Å²) < 4.78 is 10.8. The van der Waals surface area contributed by atoms with Crippen molar-refractivity contribution in [3.05, 3.63) is 0 Å². The standard InChI is InChI=1S/C7H12NO2P/c1-6(2)7(3,4)10-11(5-8)9-6/h1-4H3. The lowest BCUT2D eigenvalue weighted by molar-refractivity contribution is 0.00578. The van der Waals surface area contributed by atoms with Gasteiger partial charge in [-0.1, -0.05) is 0 Å². The van der Waals surface area contributed by atoms with Gasteiger partial charge in [0.2, 0.25) is 0 Å². The maximum atomic E-state index is 8.56. The molecule has 62 valence electrons. The minimum Gasteiger partial charge on any atom is -0.314 e. The zero-order valence-electron chi connectivity index (χ0n) is 7.21. The SMILES string of the molecule is CC1(C)OP(C#N)OC1(C)C. The van der Waals surface area contributed by atoms with Crippen molar-refractivity contribution in [2.75, 3.05) is 0 Å². The van der Waals surface area contributed by atoms with Crippen LogP contribution in [0.4, 0.5) is 0 Å². The molecule has 11 heavy (non-hydrogen) atoms. The molecule has 1 rings (SSSR count). The van der Waals surface area contributed by atoms with E-state index in [2.05, 4.69) is 0 Å². The first-order valence-electron chi connectivity index (χ1n) is 3.47. The predicted octanol–water partition coefficient (Wildman–Crippen LogP) is 2.38. The summed E-state index contributed by atoms with van der Waals surface area (Å²) in [5.74, 6) is 2.00. The smallest absolute Gasteiger partial charge is 0.286 e. The van der Waals surface area contributed by atoms with Crippen molar-refractivity contribution in [3.8, 4) is 5.81 Å². The van der Waals surface area contributed by atoms with Crippen LogP contribution in [-0.2, 0) is 9.05 Å². The lowest BCUT2D eigenvalue weighted by Gasteiger charge is -2.29. The molecular formula is C7H12NO2P. The lowest BCUT2D eigenvalue weighted by atomic mass is 9.90. The molecule has 4 heteroatoms. The third-order valence-corrected chi connectivity index (χ3v) is 3.56. The predicted molar refractivity (Wildman–Crippen MR) is 42.9 cm³/mol. The summed E-state index contributed by atoms with van der Waals surface area (Å²) in [6.07, 6.45) is 0. The summed E-state index contributed by atoms with van der Waals surface area (Å²) in [4.78, 5) is 0. The molecular weight excluding hydrogens is 161 g/mol. The zero-order valence-corrected chi connectivity index (χ0v) is 8.11. The van der Waals surface area contributed by atoms with E-state index in [1.165, 1.54) is 0 Å². The molecule has 0 aromatic carbocycles.